The topological polar surface area (TPSA) is 41.6 Å². The number of rotatable bonds is 7. The summed E-state index contributed by atoms with van der Waals surface area (Å²) in [6.07, 6.45) is 3.96. The van der Waals surface area contributed by atoms with E-state index in [4.69, 9.17) is 4.74 Å². The Morgan fingerprint density at radius 2 is 1.93 bits per heavy atom. The van der Waals surface area contributed by atoms with Gasteiger partial charge in [-0.3, -0.25) is 9.69 Å². The number of carbonyl (C=O) groups excluding carboxylic acids is 1. The highest BCUT2D eigenvalue weighted by atomic mass is 16.5. The normalized spacial score (nSPS) is 17.5. The molecule has 1 N–H and O–H groups in total. The molecule has 1 unspecified atom stereocenters. The van der Waals surface area contributed by atoms with E-state index >= 15 is 0 Å². The molecule has 0 aliphatic carbocycles. The third kappa shape index (κ3) is 6.10. The second-order valence-electron chi connectivity index (χ2n) is 7.51. The van der Waals surface area contributed by atoms with Crippen LogP contribution in [-0.2, 0) is 17.9 Å². The quantitative estimate of drug-likeness (QED) is 0.803. The molecule has 1 heterocycles. The van der Waals surface area contributed by atoms with E-state index in [1.807, 2.05) is 31.2 Å². The molecule has 0 bridgehead atoms. The van der Waals surface area contributed by atoms with Crippen molar-refractivity contribution in [2.75, 3.05) is 13.2 Å². The van der Waals surface area contributed by atoms with Gasteiger partial charge < -0.3 is 10.1 Å². The summed E-state index contributed by atoms with van der Waals surface area (Å²) < 4.78 is 5.53. The van der Waals surface area contributed by atoms with Crippen molar-refractivity contribution in [3.8, 4) is 5.75 Å². The minimum atomic E-state index is -0.109. The molecule has 144 valence electrons. The third-order valence-corrected chi connectivity index (χ3v) is 5.20. The molecule has 27 heavy (non-hydrogen) atoms. The number of nitrogens with one attached hydrogen (secondary N) is 1. The summed E-state index contributed by atoms with van der Waals surface area (Å²) >= 11 is 0. The highest BCUT2D eigenvalue weighted by Gasteiger charge is 2.17. The summed E-state index contributed by atoms with van der Waals surface area (Å²) in [5, 5.41) is 2.92. The Labute approximate surface area is 162 Å². The molecule has 1 atom stereocenters. The Morgan fingerprint density at radius 3 is 2.67 bits per heavy atom. The van der Waals surface area contributed by atoms with Crippen LogP contribution in [-0.4, -0.2) is 30.0 Å². The van der Waals surface area contributed by atoms with Crippen molar-refractivity contribution in [2.24, 2.45) is 0 Å². The van der Waals surface area contributed by atoms with E-state index in [0.717, 1.165) is 23.4 Å². The fourth-order valence-corrected chi connectivity index (χ4v) is 3.50. The first-order chi connectivity index (χ1) is 13.1. The number of carbonyl (C=O) groups is 1. The van der Waals surface area contributed by atoms with Crippen LogP contribution >= 0.6 is 0 Å². The van der Waals surface area contributed by atoms with Crippen LogP contribution in [0.3, 0.4) is 0 Å². The molecule has 2 aromatic rings. The van der Waals surface area contributed by atoms with Crippen molar-refractivity contribution < 1.29 is 9.53 Å². The summed E-state index contributed by atoms with van der Waals surface area (Å²) in [5.74, 6) is 0.615. The lowest BCUT2D eigenvalue weighted by molar-refractivity contribution is -0.123. The summed E-state index contributed by atoms with van der Waals surface area (Å²) in [6.45, 7) is 7.09. The van der Waals surface area contributed by atoms with Crippen molar-refractivity contribution in [1.29, 1.82) is 0 Å². The largest absolute Gasteiger partial charge is 0.484 e. The van der Waals surface area contributed by atoms with Gasteiger partial charge in [-0.2, -0.15) is 0 Å². The molecule has 0 spiro atoms. The number of nitrogens with zero attached hydrogens (tertiary/aromatic N) is 1. The van der Waals surface area contributed by atoms with E-state index in [2.05, 4.69) is 41.4 Å². The number of likely N-dealkylation sites (tertiary alicyclic amines) is 1. The molecular weight excluding hydrogens is 336 g/mol. The second kappa shape index (κ2) is 9.56. The average molecular weight is 367 g/mol. The molecule has 1 aliphatic heterocycles. The van der Waals surface area contributed by atoms with Gasteiger partial charge >= 0.3 is 0 Å². The van der Waals surface area contributed by atoms with Crippen LogP contribution in [0.2, 0.25) is 0 Å². The van der Waals surface area contributed by atoms with Crippen LogP contribution in [0.4, 0.5) is 0 Å². The predicted molar refractivity (Wildman–Crippen MR) is 109 cm³/mol. The van der Waals surface area contributed by atoms with Gasteiger partial charge in [-0.25, -0.2) is 0 Å². The maximum absolute atomic E-state index is 12.0. The number of aryl methyl sites for hydroxylation is 1. The molecule has 1 amide bonds. The smallest absolute Gasteiger partial charge is 0.258 e. The summed E-state index contributed by atoms with van der Waals surface area (Å²) in [4.78, 5) is 14.6. The number of piperidine rings is 1. The molecular formula is C23H30N2O2. The number of ether oxygens (including phenoxy) is 1. The first-order valence-electron chi connectivity index (χ1n) is 9.88. The lowest BCUT2D eigenvalue weighted by atomic mass is 10.0. The van der Waals surface area contributed by atoms with E-state index in [1.165, 1.54) is 31.4 Å². The number of amides is 1. The standard InChI is InChI=1S/C23H30N2O2/c1-18-6-5-8-22(14-18)27-17-23(26)24-15-20-9-11-21(12-10-20)16-25-13-4-3-7-19(25)2/h5-6,8-12,14,19H,3-4,7,13,15-17H2,1-2H3,(H,24,26). The van der Waals surface area contributed by atoms with Crippen molar-refractivity contribution in [3.05, 3.63) is 65.2 Å². The van der Waals surface area contributed by atoms with Gasteiger partial charge in [0, 0.05) is 19.1 Å². The van der Waals surface area contributed by atoms with Crippen LogP contribution in [0.5, 0.6) is 5.75 Å². The Kier molecular flexibility index (Phi) is 6.88. The van der Waals surface area contributed by atoms with E-state index in [-0.39, 0.29) is 12.5 Å². The van der Waals surface area contributed by atoms with Crippen LogP contribution < -0.4 is 10.1 Å². The van der Waals surface area contributed by atoms with Crippen LogP contribution in [0.1, 0.15) is 42.9 Å². The number of hydrogen-bond donors (Lipinski definition) is 1. The lowest BCUT2D eigenvalue weighted by Gasteiger charge is -2.33. The van der Waals surface area contributed by atoms with Gasteiger partial charge in [0.2, 0.25) is 0 Å². The molecule has 0 saturated carbocycles. The zero-order valence-corrected chi connectivity index (χ0v) is 16.4. The number of hydrogen-bond acceptors (Lipinski definition) is 3. The molecule has 4 heteroatoms. The third-order valence-electron chi connectivity index (χ3n) is 5.20. The fraction of sp³-hybridized carbons (Fsp3) is 0.435. The highest BCUT2D eigenvalue weighted by molar-refractivity contribution is 5.77. The Hall–Kier alpha value is -2.33. The number of benzene rings is 2. The fourth-order valence-electron chi connectivity index (χ4n) is 3.50. The van der Waals surface area contributed by atoms with Gasteiger partial charge in [-0.15, -0.1) is 0 Å². The predicted octanol–water partition coefficient (Wildman–Crippen LogP) is 4.06. The zero-order chi connectivity index (χ0) is 19.1. The van der Waals surface area contributed by atoms with Crippen LogP contribution in [0, 0.1) is 6.92 Å². The van der Waals surface area contributed by atoms with Gasteiger partial charge in [-0.1, -0.05) is 42.8 Å². The minimum absolute atomic E-state index is 0.0361. The molecule has 3 rings (SSSR count). The summed E-state index contributed by atoms with van der Waals surface area (Å²) in [5.41, 5.74) is 3.56. The van der Waals surface area contributed by atoms with Gasteiger partial charge in [0.1, 0.15) is 5.75 Å². The van der Waals surface area contributed by atoms with Crippen molar-refractivity contribution >= 4 is 5.91 Å². The monoisotopic (exact) mass is 366 g/mol. The van der Waals surface area contributed by atoms with E-state index in [0.29, 0.717) is 12.6 Å². The molecule has 0 radical (unpaired) electrons. The molecule has 4 nitrogen and oxygen atoms in total. The van der Waals surface area contributed by atoms with Gasteiger partial charge in [0.05, 0.1) is 0 Å². The minimum Gasteiger partial charge on any atom is -0.484 e. The van der Waals surface area contributed by atoms with Crippen molar-refractivity contribution in [1.82, 2.24) is 10.2 Å². The SMILES string of the molecule is Cc1cccc(OCC(=O)NCc2ccc(CN3CCCCC3C)cc2)c1. The Balaban J connectivity index is 1.42. The molecule has 1 fully saturated rings. The van der Waals surface area contributed by atoms with Crippen LogP contribution in [0.25, 0.3) is 0 Å². The van der Waals surface area contributed by atoms with E-state index < -0.39 is 0 Å². The first-order valence-corrected chi connectivity index (χ1v) is 9.88. The van der Waals surface area contributed by atoms with E-state index in [1.54, 1.807) is 0 Å². The van der Waals surface area contributed by atoms with Gasteiger partial charge in [0.15, 0.2) is 6.61 Å². The Bertz CT molecular complexity index is 742. The van der Waals surface area contributed by atoms with Gasteiger partial charge in [-0.05, 0) is 62.1 Å². The zero-order valence-electron chi connectivity index (χ0n) is 16.4. The first kappa shape index (κ1) is 19.4. The maximum atomic E-state index is 12.0. The van der Waals surface area contributed by atoms with E-state index in [9.17, 15) is 4.79 Å². The summed E-state index contributed by atoms with van der Waals surface area (Å²) in [6, 6.07) is 16.9. The molecule has 1 aliphatic rings. The maximum Gasteiger partial charge on any atom is 0.258 e. The molecule has 0 aromatic heterocycles. The molecule has 1 saturated heterocycles. The Morgan fingerprint density at radius 1 is 1.15 bits per heavy atom. The molecule has 2 aromatic carbocycles. The lowest BCUT2D eigenvalue weighted by Crippen LogP contribution is -2.36. The highest BCUT2D eigenvalue weighted by Crippen LogP contribution is 2.19. The van der Waals surface area contributed by atoms with Crippen LogP contribution in [0.15, 0.2) is 48.5 Å². The van der Waals surface area contributed by atoms with Crippen molar-refractivity contribution in [3.63, 3.8) is 0 Å². The van der Waals surface area contributed by atoms with Crippen molar-refractivity contribution in [2.45, 2.75) is 52.2 Å². The average Bonchev–Trinajstić information content (AvgIpc) is 2.68. The second-order valence-corrected chi connectivity index (χ2v) is 7.51. The van der Waals surface area contributed by atoms with Gasteiger partial charge in [0.25, 0.3) is 5.91 Å². The summed E-state index contributed by atoms with van der Waals surface area (Å²) in [7, 11) is 0.